The van der Waals surface area contributed by atoms with Crippen molar-refractivity contribution in [3.8, 4) is 57.4 Å². The summed E-state index contributed by atoms with van der Waals surface area (Å²) in [7, 11) is 0. The van der Waals surface area contributed by atoms with E-state index in [1.54, 1.807) is 54.8 Å². The molecule has 0 radical (unpaired) electrons. The molecule has 0 heterocycles. The zero-order valence-corrected chi connectivity index (χ0v) is 25.8. The summed E-state index contributed by atoms with van der Waals surface area (Å²) < 4.78 is 10.5. The molecule has 6 aromatic carbocycles. The van der Waals surface area contributed by atoms with Gasteiger partial charge in [0.05, 0.1) is 11.4 Å². The van der Waals surface area contributed by atoms with Crippen molar-refractivity contribution >= 4 is 23.5 Å². The van der Waals surface area contributed by atoms with Gasteiger partial charge < -0.3 is 9.47 Å². The van der Waals surface area contributed by atoms with Gasteiger partial charge >= 0.3 is 0 Å². The van der Waals surface area contributed by atoms with Crippen LogP contribution >= 0.6 is 0 Å². The maximum atomic E-state index is 11.7. The quantitative estimate of drug-likeness (QED) is 0.0638. The van der Waals surface area contributed by atoms with E-state index in [0.717, 1.165) is 38.9 Å². The standard InChI is InChI=1S/C41H24N4O4/c42-24-48-36-18-12-31(13-19-36)34-15-21-40(49-25-43)38(23-34)41(32-8-6-29(7-9-32)28-4-2-1-3-5-28)37-22-33(14-20-39(37)45-27-47)30-10-16-35(17-11-30)44-26-46/h1-23,41H. The maximum Gasteiger partial charge on any atom is 0.292 e. The molecule has 0 fully saturated rings. The van der Waals surface area contributed by atoms with Crippen LogP contribution in [0.25, 0.3) is 33.4 Å². The number of hydrogen-bond donors (Lipinski definition) is 0. The van der Waals surface area contributed by atoms with Gasteiger partial charge in [0.25, 0.3) is 12.5 Å². The van der Waals surface area contributed by atoms with Crippen LogP contribution in [0.15, 0.2) is 150 Å². The van der Waals surface area contributed by atoms with Gasteiger partial charge in [0.1, 0.15) is 11.5 Å². The summed E-state index contributed by atoms with van der Waals surface area (Å²) in [5.74, 6) is 0.169. The van der Waals surface area contributed by atoms with Crippen LogP contribution in [0, 0.1) is 23.0 Å². The molecule has 232 valence electrons. The average molecular weight is 637 g/mol. The van der Waals surface area contributed by atoms with Crippen molar-refractivity contribution in [3.63, 3.8) is 0 Å². The third kappa shape index (κ3) is 7.08. The first-order chi connectivity index (χ1) is 24.1. The summed E-state index contributed by atoms with van der Waals surface area (Å²) in [6.07, 6.45) is 6.74. The van der Waals surface area contributed by atoms with Gasteiger partial charge in [0.2, 0.25) is 12.2 Å². The number of carbonyl (C=O) groups excluding carboxylic acids is 2. The molecule has 0 amide bonds. The molecular formula is C41H24N4O4. The van der Waals surface area contributed by atoms with Crippen LogP contribution in [0.4, 0.5) is 11.4 Å². The summed E-state index contributed by atoms with van der Waals surface area (Å²) in [5.41, 5.74) is 8.43. The molecule has 0 saturated carbocycles. The lowest BCUT2D eigenvalue weighted by Crippen LogP contribution is -2.07. The van der Waals surface area contributed by atoms with Crippen molar-refractivity contribution in [1.82, 2.24) is 0 Å². The zero-order valence-electron chi connectivity index (χ0n) is 25.8. The van der Waals surface area contributed by atoms with Crippen LogP contribution in [0.1, 0.15) is 22.6 Å². The number of benzene rings is 6. The number of nitriles is 2. The van der Waals surface area contributed by atoms with E-state index in [0.29, 0.717) is 34.0 Å². The lowest BCUT2D eigenvalue weighted by atomic mass is 9.81. The largest absolute Gasteiger partial charge is 0.388 e. The van der Waals surface area contributed by atoms with Gasteiger partial charge in [-0.3, -0.25) is 0 Å². The summed E-state index contributed by atoms with van der Waals surface area (Å²) in [5, 5.41) is 18.6. The molecule has 0 saturated heterocycles. The Labute approximate surface area is 282 Å². The lowest BCUT2D eigenvalue weighted by Gasteiger charge is -2.24. The minimum Gasteiger partial charge on any atom is -0.388 e. The van der Waals surface area contributed by atoms with E-state index in [-0.39, 0.29) is 0 Å². The highest BCUT2D eigenvalue weighted by Gasteiger charge is 2.25. The van der Waals surface area contributed by atoms with Crippen LogP contribution in [-0.2, 0) is 9.59 Å². The van der Waals surface area contributed by atoms with Gasteiger partial charge in [-0.1, -0.05) is 91.0 Å². The number of aliphatic imine (C=N–C) groups is 2. The van der Waals surface area contributed by atoms with Crippen molar-refractivity contribution in [1.29, 1.82) is 10.5 Å². The smallest absolute Gasteiger partial charge is 0.292 e. The van der Waals surface area contributed by atoms with E-state index < -0.39 is 5.92 Å². The Hall–Kier alpha value is -7.34. The van der Waals surface area contributed by atoms with E-state index in [1.807, 2.05) is 109 Å². The second-order valence-corrected chi connectivity index (χ2v) is 10.8. The Bertz CT molecular complexity index is 2290. The van der Waals surface area contributed by atoms with Crippen LogP contribution < -0.4 is 9.47 Å². The van der Waals surface area contributed by atoms with E-state index in [9.17, 15) is 14.9 Å². The zero-order chi connectivity index (χ0) is 34.0. The molecule has 0 aromatic heterocycles. The molecular weight excluding hydrogens is 612 g/mol. The lowest BCUT2D eigenvalue weighted by molar-refractivity contribution is 0.499. The summed E-state index contributed by atoms with van der Waals surface area (Å²) in [6, 6.07) is 43.3. The number of rotatable bonds is 10. The van der Waals surface area contributed by atoms with Gasteiger partial charge in [-0.05, 0) is 93.0 Å². The summed E-state index contributed by atoms with van der Waals surface area (Å²) >= 11 is 0. The monoisotopic (exact) mass is 636 g/mol. The Morgan fingerprint density at radius 1 is 0.510 bits per heavy atom. The van der Waals surface area contributed by atoms with Crippen LogP contribution in [-0.4, -0.2) is 12.2 Å². The Kier molecular flexibility index (Phi) is 9.58. The second-order valence-electron chi connectivity index (χ2n) is 10.8. The predicted octanol–water partition coefficient (Wildman–Crippen LogP) is 9.52. The highest BCUT2D eigenvalue weighted by molar-refractivity contribution is 5.74. The first kappa shape index (κ1) is 31.6. The molecule has 0 aliphatic carbocycles. The van der Waals surface area contributed by atoms with Crippen molar-refractivity contribution in [3.05, 3.63) is 156 Å². The highest BCUT2D eigenvalue weighted by atomic mass is 16.5. The molecule has 8 heteroatoms. The number of ether oxygens (including phenoxy) is 2. The third-order valence-corrected chi connectivity index (χ3v) is 8.06. The van der Waals surface area contributed by atoms with Gasteiger partial charge in [-0.2, -0.15) is 9.98 Å². The Balaban J connectivity index is 1.57. The Morgan fingerprint density at radius 2 is 1.04 bits per heavy atom. The van der Waals surface area contributed by atoms with Crippen molar-refractivity contribution in [2.24, 2.45) is 9.98 Å². The first-order valence-corrected chi connectivity index (χ1v) is 15.0. The molecule has 0 aliphatic heterocycles. The molecule has 8 nitrogen and oxygen atoms in total. The molecule has 6 rings (SSSR count). The molecule has 1 atom stereocenters. The van der Waals surface area contributed by atoms with Gasteiger partial charge in [-0.15, -0.1) is 10.5 Å². The van der Waals surface area contributed by atoms with Crippen molar-refractivity contribution in [2.45, 2.75) is 5.92 Å². The minimum atomic E-state index is -0.569. The van der Waals surface area contributed by atoms with Gasteiger partial charge in [0.15, 0.2) is 0 Å². The number of nitrogens with zero attached hydrogens (tertiary/aromatic N) is 4. The van der Waals surface area contributed by atoms with Crippen molar-refractivity contribution in [2.75, 3.05) is 0 Å². The topological polar surface area (TPSA) is 125 Å². The van der Waals surface area contributed by atoms with Crippen LogP contribution in [0.3, 0.4) is 0 Å². The number of hydrogen-bond acceptors (Lipinski definition) is 8. The first-order valence-electron chi connectivity index (χ1n) is 15.0. The van der Waals surface area contributed by atoms with Gasteiger partial charge in [-0.25, -0.2) is 9.59 Å². The molecule has 0 bridgehead atoms. The van der Waals surface area contributed by atoms with Gasteiger partial charge in [0, 0.05) is 11.5 Å². The fourth-order valence-electron chi connectivity index (χ4n) is 5.79. The highest BCUT2D eigenvalue weighted by Crippen LogP contribution is 2.44. The fraction of sp³-hybridized carbons (Fsp3) is 0.0244. The maximum absolute atomic E-state index is 11.7. The summed E-state index contributed by atoms with van der Waals surface area (Å²) in [6.45, 7) is 0. The molecule has 6 aromatic rings. The molecule has 1 unspecified atom stereocenters. The second kappa shape index (κ2) is 14.8. The van der Waals surface area contributed by atoms with E-state index in [4.69, 9.17) is 14.7 Å². The average Bonchev–Trinajstić information content (AvgIpc) is 3.15. The molecule has 0 spiro atoms. The molecule has 0 N–H and O–H groups in total. The fourth-order valence-corrected chi connectivity index (χ4v) is 5.79. The predicted molar refractivity (Wildman–Crippen MR) is 185 cm³/mol. The molecule has 0 aliphatic rings. The van der Waals surface area contributed by atoms with E-state index in [1.165, 1.54) is 0 Å². The van der Waals surface area contributed by atoms with E-state index >= 15 is 0 Å². The SMILES string of the molecule is N#COc1ccc(-c2ccc(OC#N)c(C(c3ccc(-c4ccccc4)cc3)c3cc(-c4ccc(N=C=O)cc4)ccc3N=C=O)c2)cc1. The van der Waals surface area contributed by atoms with Crippen molar-refractivity contribution < 1.29 is 19.1 Å². The molecule has 49 heavy (non-hydrogen) atoms. The summed E-state index contributed by atoms with van der Waals surface area (Å²) in [4.78, 5) is 30.3. The normalized spacial score (nSPS) is 10.7. The van der Waals surface area contributed by atoms with Crippen LogP contribution in [0.5, 0.6) is 11.5 Å². The van der Waals surface area contributed by atoms with E-state index in [2.05, 4.69) is 9.98 Å². The Morgan fingerprint density at radius 3 is 1.67 bits per heavy atom. The van der Waals surface area contributed by atoms with Crippen LogP contribution in [0.2, 0.25) is 0 Å². The third-order valence-electron chi connectivity index (χ3n) is 8.06. The minimum absolute atomic E-state index is 0.329. The number of isocyanates is 2.